The van der Waals surface area contributed by atoms with Crippen molar-refractivity contribution in [3.05, 3.63) is 59.7 Å². The Labute approximate surface area is 173 Å². The molecule has 29 heavy (non-hydrogen) atoms. The van der Waals surface area contributed by atoms with Crippen molar-refractivity contribution in [3.63, 3.8) is 0 Å². The number of carbonyl (C=O) groups is 1. The van der Waals surface area contributed by atoms with Gasteiger partial charge in [-0.05, 0) is 43.5 Å². The van der Waals surface area contributed by atoms with E-state index in [4.69, 9.17) is 4.74 Å². The number of rotatable bonds is 9. The molecule has 0 radical (unpaired) electrons. The summed E-state index contributed by atoms with van der Waals surface area (Å²) in [6.45, 7) is 8.14. The third-order valence-electron chi connectivity index (χ3n) is 4.62. The second-order valence-electron chi connectivity index (χ2n) is 7.61. The van der Waals surface area contributed by atoms with E-state index in [9.17, 15) is 13.2 Å². The molecule has 158 valence electrons. The number of ether oxygens (including phenoxy) is 1. The first-order valence-electron chi connectivity index (χ1n) is 9.69. The fraction of sp³-hybridized carbons (Fsp3) is 0.409. The summed E-state index contributed by atoms with van der Waals surface area (Å²) in [5.41, 5.74) is 1.42. The lowest BCUT2D eigenvalue weighted by Gasteiger charge is -2.22. The molecule has 0 aromatic heterocycles. The van der Waals surface area contributed by atoms with Crippen molar-refractivity contribution in [2.24, 2.45) is 5.92 Å². The monoisotopic (exact) mass is 418 g/mol. The molecule has 2 N–H and O–H groups in total. The Kier molecular flexibility index (Phi) is 7.81. The van der Waals surface area contributed by atoms with Crippen LogP contribution < -0.4 is 14.8 Å². The van der Waals surface area contributed by atoms with Gasteiger partial charge in [0.25, 0.3) is 5.91 Å². The molecule has 0 spiro atoms. The fourth-order valence-electron chi connectivity index (χ4n) is 3.15. The molecule has 0 heterocycles. The van der Waals surface area contributed by atoms with Crippen LogP contribution >= 0.6 is 0 Å². The minimum atomic E-state index is -3.80. The number of hydrogen-bond donors (Lipinski definition) is 2. The average Bonchev–Trinajstić information content (AvgIpc) is 2.67. The van der Waals surface area contributed by atoms with Gasteiger partial charge in [-0.25, -0.2) is 13.1 Å². The fourth-order valence-corrected chi connectivity index (χ4v) is 4.59. The highest BCUT2D eigenvalue weighted by Crippen LogP contribution is 2.26. The lowest BCUT2D eigenvalue weighted by Crippen LogP contribution is -2.32. The van der Waals surface area contributed by atoms with Crippen LogP contribution in [-0.4, -0.2) is 34.0 Å². The third-order valence-corrected chi connectivity index (χ3v) is 6.30. The van der Waals surface area contributed by atoms with Crippen molar-refractivity contribution in [2.45, 2.75) is 44.6 Å². The standard InChI is InChI=1S/C22H30N2O4S/c1-15(2)19(17-9-7-6-8-10-17)14-23-22(25)18-11-12-20(28-5)21(13-18)29(26,27)24-16(3)4/h6-13,15-16,19,24H,14H2,1-5H3,(H,23,25). The number of nitrogens with one attached hydrogen (secondary N) is 2. The van der Waals surface area contributed by atoms with Crippen molar-refractivity contribution in [3.8, 4) is 5.75 Å². The molecule has 1 atom stereocenters. The number of amides is 1. The van der Waals surface area contributed by atoms with E-state index in [0.717, 1.165) is 5.56 Å². The number of carbonyl (C=O) groups excluding carboxylic acids is 1. The Morgan fingerprint density at radius 2 is 1.69 bits per heavy atom. The van der Waals surface area contributed by atoms with E-state index in [1.165, 1.54) is 19.2 Å². The van der Waals surface area contributed by atoms with Crippen LogP contribution in [0.5, 0.6) is 5.75 Å². The molecule has 1 unspecified atom stereocenters. The van der Waals surface area contributed by atoms with Crippen molar-refractivity contribution < 1.29 is 17.9 Å². The zero-order valence-corrected chi connectivity index (χ0v) is 18.4. The normalized spacial score (nSPS) is 12.8. The summed E-state index contributed by atoms with van der Waals surface area (Å²) < 4.78 is 32.9. The summed E-state index contributed by atoms with van der Waals surface area (Å²) in [4.78, 5) is 12.7. The predicted octanol–water partition coefficient (Wildman–Crippen LogP) is 3.55. The highest BCUT2D eigenvalue weighted by molar-refractivity contribution is 7.89. The van der Waals surface area contributed by atoms with Crippen LogP contribution in [0.4, 0.5) is 0 Å². The van der Waals surface area contributed by atoms with E-state index < -0.39 is 10.0 Å². The van der Waals surface area contributed by atoms with Crippen LogP contribution in [0.25, 0.3) is 0 Å². The van der Waals surface area contributed by atoms with Gasteiger partial charge in [0.15, 0.2) is 0 Å². The molecule has 0 saturated heterocycles. The Hall–Kier alpha value is -2.38. The molecule has 0 fully saturated rings. The first kappa shape index (κ1) is 22.9. The summed E-state index contributed by atoms with van der Waals surface area (Å²) in [5, 5.41) is 2.94. The first-order valence-corrected chi connectivity index (χ1v) is 11.2. The van der Waals surface area contributed by atoms with Gasteiger partial charge in [-0.1, -0.05) is 44.2 Å². The zero-order valence-electron chi connectivity index (χ0n) is 17.6. The molecule has 7 heteroatoms. The first-order chi connectivity index (χ1) is 13.7. The largest absolute Gasteiger partial charge is 0.495 e. The second-order valence-corrected chi connectivity index (χ2v) is 9.30. The molecule has 0 saturated carbocycles. The van der Waals surface area contributed by atoms with Crippen molar-refractivity contribution >= 4 is 15.9 Å². The Morgan fingerprint density at radius 3 is 2.24 bits per heavy atom. The van der Waals surface area contributed by atoms with Gasteiger partial charge in [-0.3, -0.25) is 4.79 Å². The summed E-state index contributed by atoms with van der Waals surface area (Å²) in [5.74, 6) is 0.359. The molecule has 0 aliphatic rings. The molecule has 0 bridgehead atoms. The van der Waals surface area contributed by atoms with E-state index in [0.29, 0.717) is 12.5 Å². The highest BCUT2D eigenvalue weighted by atomic mass is 32.2. The van der Waals surface area contributed by atoms with E-state index in [1.54, 1.807) is 19.9 Å². The molecule has 6 nitrogen and oxygen atoms in total. The molecular formula is C22H30N2O4S. The number of methoxy groups -OCH3 is 1. The molecule has 2 rings (SSSR count). The van der Waals surface area contributed by atoms with Gasteiger partial charge in [-0.2, -0.15) is 0 Å². The maximum absolute atomic E-state index is 12.7. The smallest absolute Gasteiger partial charge is 0.251 e. The maximum Gasteiger partial charge on any atom is 0.251 e. The van der Waals surface area contributed by atoms with Crippen LogP contribution in [0.15, 0.2) is 53.4 Å². The highest BCUT2D eigenvalue weighted by Gasteiger charge is 2.23. The topological polar surface area (TPSA) is 84.5 Å². The van der Waals surface area contributed by atoms with Gasteiger partial charge in [0.2, 0.25) is 10.0 Å². The van der Waals surface area contributed by atoms with Gasteiger partial charge in [0, 0.05) is 24.1 Å². The SMILES string of the molecule is COc1ccc(C(=O)NCC(c2ccccc2)C(C)C)cc1S(=O)(=O)NC(C)C. The van der Waals surface area contributed by atoms with Crippen LogP contribution in [0.3, 0.4) is 0 Å². The molecule has 1 amide bonds. The maximum atomic E-state index is 12.7. The minimum Gasteiger partial charge on any atom is -0.495 e. The third kappa shape index (κ3) is 6.05. The summed E-state index contributed by atoms with van der Waals surface area (Å²) in [6.07, 6.45) is 0. The lowest BCUT2D eigenvalue weighted by molar-refractivity contribution is 0.0949. The van der Waals surface area contributed by atoms with Gasteiger partial charge in [-0.15, -0.1) is 0 Å². The lowest BCUT2D eigenvalue weighted by atomic mass is 9.88. The predicted molar refractivity (Wildman–Crippen MR) is 115 cm³/mol. The Balaban J connectivity index is 2.23. The summed E-state index contributed by atoms with van der Waals surface area (Å²) in [6, 6.07) is 14.2. The van der Waals surface area contributed by atoms with Crippen molar-refractivity contribution in [1.29, 1.82) is 0 Å². The molecular weight excluding hydrogens is 388 g/mol. The summed E-state index contributed by atoms with van der Waals surface area (Å²) in [7, 11) is -2.40. The summed E-state index contributed by atoms with van der Waals surface area (Å²) >= 11 is 0. The Morgan fingerprint density at radius 1 is 1.03 bits per heavy atom. The van der Waals surface area contributed by atoms with Gasteiger partial charge in [0.1, 0.15) is 10.6 Å². The minimum absolute atomic E-state index is 0.0511. The Bertz CT molecular complexity index is 925. The van der Waals surface area contributed by atoms with Crippen LogP contribution in [0.1, 0.15) is 49.5 Å². The molecule has 0 aliphatic heterocycles. The number of hydrogen-bond acceptors (Lipinski definition) is 4. The second kappa shape index (κ2) is 9.89. The van der Waals surface area contributed by atoms with E-state index in [1.807, 2.05) is 30.3 Å². The van der Waals surface area contributed by atoms with Crippen molar-refractivity contribution in [1.82, 2.24) is 10.0 Å². The zero-order chi connectivity index (χ0) is 21.6. The van der Waals surface area contributed by atoms with E-state index in [-0.39, 0.29) is 34.1 Å². The van der Waals surface area contributed by atoms with E-state index in [2.05, 4.69) is 23.9 Å². The molecule has 2 aromatic rings. The molecule has 2 aromatic carbocycles. The van der Waals surface area contributed by atoms with Crippen molar-refractivity contribution in [2.75, 3.05) is 13.7 Å². The van der Waals surface area contributed by atoms with Crippen LogP contribution in [-0.2, 0) is 10.0 Å². The van der Waals surface area contributed by atoms with Gasteiger partial charge in [0.05, 0.1) is 7.11 Å². The van der Waals surface area contributed by atoms with E-state index >= 15 is 0 Å². The number of benzene rings is 2. The molecule has 0 aliphatic carbocycles. The van der Waals surface area contributed by atoms with Crippen LogP contribution in [0.2, 0.25) is 0 Å². The van der Waals surface area contributed by atoms with Gasteiger partial charge < -0.3 is 10.1 Å². The number of sulfonamides is 1. The van der Waals surface area contributed by atoms with Crippen LogP contribution in [0, 0.1) is 5.92 Å². The quantitative estimate of drug-likeness (QED) is 0.652. The average molecular weight is 419 g/mol. The van der Waals surface area contributed by atoms with Gasteiger partial charge >= 0.3 is 0 Å².